The molecule has 1 aromatic carbocycles. The van der Waals surface area contributed by atoms with Gasteiger partial charge in [0.25, 0.3) is 0 Å². The topological polar surface area (TPSA) is 52.6 Å². The van der Waals surface area contributed by atoms with Gasteiger partial charge in [0.1, 0.15) is 11.6 Å². The number of anilines is 1. The van der Waals surface area contributed by atoms with Crippen LogP contribution in [0.3, 0.4) is 0 Å². The van der Waals surface area contributed by atoms with E-state index in [2.05, 4.69) is 5.32 Å². The summed E-state index contributed by atoms with van der Waals surface area (Å²) in [5, 5.41) is 11.5. The molecule has 1 atom stereocenters. The molecule has 0 aromatic heterocycles. The standard InChI is InChI=1S/C13H16F2N2O2/c14-10-3-11(15)5-12(4-10)16-13(19)7-17-2-1-9(6-17)8-18/h3-5,9,18H,1-2,6-8H2,(H,16,19). The zero-order chi connectivity index (χ0) is 13.8. The number of aliphatic hydroxyl groups is 1. The van der Waals surface area contributed by atoms with Crippen molar-refractivity contribution in [1.82, 2.24) is 4.90 Å². The van der Waals surface area contributed by atoms with Crippen LogP contribution >= 0.6 is 0 Å². The molecule has 4 nitrogen and oxygen atoms in total. The lowest BCUT2D eigenvalue weighted by Gasteiger charge is -2.15. The maximum absolute atomic E-state index is 13.0. The zero-order valence-electron chi connectivity index (χ0n) is 10.4. The monoisotopic (exact) mass is 270 g/mol. The van der Waals surface area contributed by atoms with Gasteiger partial charge in [0, 0.05) is 24.9 Å². The molecule has 0 spiro atoms. The van der Waals surface area contributed by atoms with Crippen LogP contribution in [0, 0.1) is 17.6 Å². The third-order valence-electron chi connectivity index (χ3n) is 3.14. The van der Waals surface area contributed by atoms with Crippen LogP contribution in [0.25, 0.3) is 0 Å². The first kappa shape index (κ1) is 13.9. The molecule has 0 saturated carbocycles. The second kappa shape index (κ2) is 6.08. The summed E-state index contributed by atoms with van der Waals surface area (Å²) in [5.74, 6) is -1.56. The maximum atomic E-state index is 13.0. The van der Waals surface area contributed by atoms with E-state index in [1.165, 1.54) is 0 Å². The first-order chi connectivity index (χ1) is 9.06. The minimum absolute atomic E-state index is 0.111. The van der Waals surface area contributed by atoms with Gasteiger partial charge in [-0.2, -0.15) is 0 Å². The Morgan fingerprint density at radius 1 is 1.37 bits per heavy atom. The summed E-state index contributed by atoms with van der Waals surface area (Å²) in [6, 6.07) is 2.89. The van der Waals surface area contributed by atoms with Gasteiger partial charge in [-0.25, -0.2) is 8.78 Å². The Morgan fingerprint density at radius 3 is 2.63 bits per heavy atom. The first-order valence-corrected chi connectivity index (χ1v) is 6.16. The summed E-state index contributed by atoms with van der Waals surface area (Å²) < 4.78 is 25.9. The molecular weight excluding hydrogens is 254 g/mol. The van der Waals surface area contributed by atoms with E-state index in [0.29, 0.717) is 6.54 Å². The van der Waals surface area contributed by atoms with E-state index in [9.17, 15) is 13.6 Å². The van der Waals surface area contributed by atoms with Crippen molar-refractivity contribution in [3.63, 3.8) is 0 Å². The molecule has 1 aliphatic heterocycles. The Balaban J connectivity index is 1.87. The fourth-order valence-electron chi connectivity index (χ4n) is 2.24. The lowest BCUT2D eigenvalue weighted by molar-refractivity contribution is -0.117. The summed E-state index contributed by atoms with van der Waals surface area (Å²) in [4.78, 5) is 13.6. The fourth-order valence-corrected chi connectivity index (χ4v) is 2.24. The van der Waals surface area contributed by atoms with Crippen molar-refractivity contribution in [3.8, 4) is 0 Å². The third kappa shape index (κ3) is 3.97. The minimum atomic E-state index is -0.725. The summed E-state index contributed by atoms with van der Waals surface area (Å²) >= 11 is 0. The lowest BCUT2D eigenvalue weighted by atomic mass is 10.1. The number of hydrogen-bond acceptors (Lipinski definition) is 3. The number of likely N-dealkylation sites (tertiary alicyclic amines) is 1. The maximum Gasteiger partial charge on any atom is 0.238 e. The number of nitrogens with one attached hydrogen (secondary N) is 1. The molecule has 1 amide bonds. The van der Waals surface area contributed by atoms with Gasteiger partial charge in [0.2, 0.25) is 5.91 Å². The molecule has 1 fully saturated rings. The van der Waals surface area contributed by atoms with Crippen molar-refractivity contribution in [3.05, 3.63) is 29.8 Å². The van der Waals surface area contributed by atoms with Gasteiger partial charge in [-0.15, -0.1) is 0 Å². The lowest BCUT2D eigenvalue weighted by Crippen LogP contribution is -2.31. The molecule has 1 aromatic rings. The van der Waals surface area contributed by atoms with Crippen LogP contribution in [0.15, 0.2) is 18.2 Å². The van der Waals surface area contributed by atoms with Crippen LogP contribution in [0.1, 0.15) is 6.42 Å². The molecule has 6 heteroatoms. The smallest absolute Gasteiger partial charge is 0.238 e. The predicted octanol–water partition coefficient (Wildman–Crippen LogP) is 1.22. The minimum Gasteiger partial charge on any atom is -0.396 e. The molecule has 2 N–H and O–H groups in total. The van der Waals surface area contributed by atoms with E-state index < -0.39 is 11.6 Å². The number of rotatable bonds is 4. The molecular formula is C13H16F2N2O2. The predicted molar refractivity (Wildman–Crippen MR) is 66.6 cm³/mol. The molecule has 1 heterocycles. The fraction of sp³-hybridized carbons (Fsp3) is 0.462. The van der Waals surface area contributed by atoms with Crippen LogP contribution in [-0.4, -0.2) is 42.2 Å². The number of carbonyl (C=O) groups is 1. The van der Waals surface area contributed by atoms with E-state index in [-0.39, 0.29) is 30.7 Å². The Morgan fingerprint density at radius 2 is 2.05 bits per heavy atom. The van der Waals surface area contributed by atoms with Crippen LogP contribution in [-0.2, 0) is 4.79 Å². The van der Waals surface area contributed by atoms with E-state index in [1.807, 2.05) is 4.90 Å². The van der Waals surface area contributed by atoms with Gasteiger partial charge in [0.05, 0.1) is 6.54 Å². The Kier molecular flexibility index (Phi) is 4.44. The quantitative estimate of drug-likeness (QED) is 0.865. The van der Waals surface area contributed by atoms with Crippen LogP contribution in [0.2, 0.25) is 0 Å². The van der Waals surface area contributed by atoms with Crippen molar-refractivity contribution in [2.24, 2.45) is 5.92 Å². The van der Waals surface area contributed by atoms with Gasteiger partial charge in [0.15, 0.2) is 0 Å². The average molecular weight is 270 g/mol. The van der Waals surface area contributed by atoms with Gasteiger partial charge in [-0.1, -0.05) is 0 Å². The van der Waals surface area contributed by atoms with Gasteiger partial charge >= 0.3 is 0 Å². The van der Waals surface area contributed by atoms with Gasteiger partial charge in [-0.3, -0.25) is 9.69 Å². The number of benzene rings is 1. The van der Waals surface area contributed by atoms with Crippen molar-refractivity contribution in [2.75, 3.05) is 31.6 Å². The molecule has 0 bridgehead atoms. The number of hydrogen-bond donors (Lipinski definition) is 2. The molecule has 0 aliphatic carbocycles. The number of halogens is 2. The van der Waals surface area contributed by atoms with Crippen molar-refractivity contribution in [2.45, 2.75) is 6.42 Å². The number of nitrogens with zero attached hydrogens (tertiary/aromatic N) is 1. The van der Waals surface area contributed by atoms with Gasteiger partial charge < -0.3 is 10.4 Å². The molecule has 0 radical (unpaired) electrons. The van der Waals surface area contributed by atoms with Crippen LogP contribution < -0.4 is 5.32 Å². The second-order valence-electron chi connectivity index (χ2n) is 4.78. The second-order valence-corrected chi connectivity index (χ2v) is 4.78. The van der Waals surface area contributed by atoms with E-state index in [0.717, 1.165) is 31.2 Å². The molecule has 1 unspecified atom stereocenters. The highest BCUT2D eigenvalue weighted by atomic mass is 19.1. The Labute approximate surface area is 110 Å². The molecule has 2 rings (SSSR count). The SMILES string of the molecule is O=C(CN1CCC(CO)C1)Nc1cc(F)cc(F)c1. The van der Waals surface area contributed by atoms with E-state index in [4.69, 9.17) is 5.11 Å². The molecule has 1 aliphatic rings. The number of amides is 1. The highest BCUT2D eigenvalue weighted by Gasteiger charge is 2.23. The zero-order valence-corrected chi connectivity index (χ0v) is 10.4. The van der Waals surface area contributed by atoms with Gasteiger partial charge in [-0.05, 0) is 31.0 Å². The van der Waals surface area contributed by atoms with Crippen molar-refractivity contribution >= 4 is 11.6 Å². The molecule has 19 heavy (non-hydrogen) atoms. The Bertz CT molecular complexity index is 448. The number of carbonyl (C=O) groups excluding carboxylic acids is 1. The largest absolute Gasteiger partial charge is 0.396 e. The molecule has 104 valence electrons. The van der Waals surface area contributed by atoms with Crippen molar-refractivity contribution < 1.29 is 18.7 Å². The normalized spacial score (nSPS) is 19.6. The Hall–Kier alpha value is -1.53. The van der Waals surface area contributed by atoms with E-state index >= 15 is 0 Å². The first-order valence-electron chi connectivity index (χ1n) is 6.16. The average Bonchev–Trinajstić information content (AvgIpc) is 2.74. The van der Waals surface area contributed by atoms with Crippen LogP contribution in [0.5, 0.6) is 0 Å². The van der Waals surface area contributed by atoms with E-state index in [1.54, 1.807) is 0 Å². The summed E-state index contributed by atoms with van der Waals surface area (Å²) in [5.41, 5.74) is 0.111. The summed E-state index contributed by atoms with van der Waals surface area (Å²) in [6.45, 7) is 1.69. The highest BCUT2D eigenvalue weighted by molar-refractivity contribution is 5.92. The third-order valence-corrected chi connectivity index (χ3v) is 3.14. The highest BCUT2D eigenvalue weighted by Crippen LogP contribution is 2.16. The van der Waals surface area contributed by atoms with Crippen molar-refractivity contribution in [1.29, 1.82) is 0 Å². The van der Waals surface area contributed by atoms with Crippen LogP contribution in [0.4, 0.5) is 14.5 Å². The summed E-state index contributed by atoms with van der Waals surface area (Å²) in [6.07, 6.45) is 0.859. The number of aliphatic hydroxyl groups excluding tert-OH is 1. The molecule has 1 saturated heterocycles. The summed E-state index contributed by atoms with van der Waals surface area (Å²) in [7, 11) is 0.